The molecule has 16 aromatic rings. The summed E-state index contributed by atoms with van der Waals surface area (Å²) in [7, 11) is 0. The Hall–Kier alpha value is -10.6. The van der Waals surface area contributed by atoms with Gasteiger partial charge in [0.2, 0.25) is 0 Å². The number of carbonyl (C=O) groups excluding carboxylic acids is 1. The lowest BCUT2D eigenvalue weighted by molar-refractivity contribution is -0.138. The zero-order valence-electron chi connectivity index (χ0n) is 79.6. The van der Waals surface area contributed by atoms with Crippen LogP contribution >= 0.6 is 11.6 Å². The molecule has 17 rings (SSSR count). The second-order valence-electron chi connectivity index (χ2n) is 42.3. The van der Waals surface area contributed by atoms with E-state index in [0.717, 1.165) is 86.9 Å². The highest BCUT2D eigenvalue weighted by atomic mass is 35.5. The highest BCUT2D eigenvalue weighted by Crippen LogP contribution is 2.42. The van der Waals surface area contributed by atoms with Gasteiger partial charge in [0.1, 0.15) is 5.82 Å². The maximum absolute atomic E-state index is 13.7. The number of nitrogens with zero attached hydrogens (tertiary/aromatic N) is 2. The van der Waals surface area contributed by atoms with Crippen molar-refractivity contribution in [3.05, 3.63) is 291 Å². The Labute approximate surface area is 745 Å². The molecule has 0 radical (unpaired) electrons. The number of hydrogen-bond donors (Lipinski definition) is 7. The molecule has 664 valence electrons. The van der Waals surface area contributed by atoms with Crippen LogP contribution in [0, 0.1) is 12.7 Å². The molecule has 1 fully saturated rings. The van der Waals surface area contributed by atoms with Crippen molar-refractivity contribution >= 4 is 105 Å². The Morgan fingerprint density at radius 1 is 0.384 bits per heavy atom. The van der Waals surface area contributed by atoms with Gasteiger partial charge in [-0.2, -0.15) is 13.2 Å². The minimum Gasteiger partial charge on any atom is -0.361 e. The van der Waals surface area contributed by atoms with Crippen LogP contribution in [0.1, 0.15) is 289 Å². The third-order valence-corrected chi connectivity index (χ3v) is 23.6. The van der Waals surface area contributed by atoms with Gasteiger partial charge in [-0.05, 0) is 280 Å². The molecular weight excluding hydrogens is 1570 g/mol. The van der Waals surface area contributed by atoms with Crippen molar-refractivity contribution in [1.82, 2.24) is 44.8 Å². The smallest absolute Gasteiger partial charge is 0.361 e. The first-order chi connectivity index (χ1) is 58.1. The molecule has 9 heterocycles. The number of aryl methyl sites for hydroxylation is 2. The van der Waals surface area contributed by atoms with Gasteiger partial charge in [-0.15, -0.1) is 0 Å². The van der Waals surface area contributed by atoms with Crippen molar-refractivity contribution in [3.63, 3.8) is 0 Å². The summed E-state index contributed by atoms with van der Waals surface area (Å²) < 4.78 is 52.7. The Kier molecular flexibility index (Phi) is 29.6. The molecule has 10 nitrogen and oxygen atoms in total. The minimum atomic E-state index is -4.31. The van der Waals surface area contributed by atoms with Crippen LogP contribution in [0.3, 0.4) is 0 Å². The number of halogens is 5. The largest absolute Gasteiger partial charge is 0.416 e. The molecule has 0 aliphatic carbocycles. The lowest BCUT2D eigenvalue weighted by Gasteiger charge is -2.30. The molecule has 15 heteroatoms. The molecule has 1 aliphatic heterocycles. The first kappa shape index (κ1) is 96.6. The molecule has 0 spiro atoms. The number of nitrogens with one attached hydrogen (secondary N) is 7. The van der Waals surface area contributed by atoms with Crippen LogP contribution in [0.25, 0.3) is 87.1 Å². The Morgan fingerprint density at radius 3 is 1.20 bits per heavy atom. The van der Waals surface area contributed by atoms with Crippen molar-refractivity contribution < 1.29 is 22.4 Å². The lowest BCUT2D eigenvalue weighted by atomic mass is 9.75. The van der Waals surface area contributed by atoms with Crippen molar-refractivity contribution in [3.8, 4) is 0 Å². The van der Waals surface area contributed by atoms with Crippen LogP contribution < -0.4 is 0 Å². The van der Waals surface area contributed by atoms with Gasteiger partial charge in [0.05, 0.1) is 5.56 Å². The normalized spacial score (nSPS) is 13.1. The fourth-order valence-electron chi connectivity index (χ4n) is 16.3. The van der Waals surface area contributed by atoms with Gasteiger partial charge in [0.15, 0.2) is 0 Å². The molecule has 0 bridgehead atoms. The summed E-state index contributed by atoms with van der Waals surface area (Å²) in [6.07, 6.45) is 15.7. The van der Waals surface area contributed by atoms with Crippen molar-refractivity contribution in [1.29, 1.82) is 0 Å². The van der Waals surface area contributed by atoms with E-state index in [1.807, 2.05) is 99.3 Å². The number of piperidine rings is 1. The number of carbonyl (C=O) groups is 1. The molecule has 1 amide bonds. The summed E-state index contributed by atoms with van der Waals surface area (Å²) >= 11 is 6.23. The van der Waals surface area contributed by atoms with E-state index in [4.69, 9.17) is 11.6 Å². The van der Waals surface area contributed by atoms with E-state index in [-0.39, 0.29) is 49.6 Å². The Bertz CT molecular complexity index is 6030. The number of amides is 1. The van der Waals surface area contributed by atoms with E-state index >= 15 is 0 Å². The zero-order chi connectivity index (χ0) is 92.1. The number of hydrogen-bond acceptors (Lipinski definition) is 2. The van der Waals surface area contributed by atoms with E-state index in [1.54, 1.807) is 45.2 Å². The second kappa shape index (κ2) is 38.3. The lowest BCUT2D eigenvalue weighted by Crippen LogP contribution is -2.36. The molecule has 125 heavy (non-hydrogen) atoms. The number of rotatable bonds is 3. The third-order valence-electron chi connectivity index (χ3n) is 23.3. The average molecular weight is 1710 g/mol. The summed E-state index contributed by atoms with van der Waals surface area (Å²) in [5.41, 5.74) is 21.4. The van der Waals surface area contributed by atoms with Crippen molar-refractivity contribution in [2.24, 2.45) is 0 Å². The molecule has 0 unspecified atom stereocenters. The molecule has 1 saturated heterocycles. The fraction of sp³-hybridized carbons (Fsp3) is 0.400. The molecule has 7 N–H and O–H groups in total. The Balaban J connectivity index is 0.000000150. The van der Waals surface area contributed by atoms with Crippen molar-refractivity contribution in [2.45, 2.75) is 275 Å². The predicted molar refractivity (Wildman–Crippen MR) is 527 cm³/mol. The minimum absolute atomic E-state index is 0.0416. The predicted octanol–water partition coefficient (Wildman–Crippen LogP) is 32.2. The maximum atomic E-state index is 13.7. The van der Waals surface area contributed by atoms with Crippen LogP contribution in [0.5, 0.6) is 0 Å². The van der Waals surface area contributed by atoms with Gasteiger partial charge < -0.3 is 39.8 Å². The number of benzene rings is 8. The zero-order valence-corrected chi connectivity index (χ0v) is 80.4. The van der Waals surface area contributed by atoms with Crippen LogP contribution in [-0.2, 0) is 55.9 Å². The van der Waals surface area contributed by atoms with Gasteiger partial charge in [0, 0.05) is 144 Å². The molecular formula is C110H138ClF4N9O. The number of likely N-dealkylation sites (tertiary alicyclic amines) is 1. The SMILES string of the molecule is CC(C)(C)c1cc2[nH]ccc2cc1C(=O)N1CCCCC1.CC(C)(C)c1cc2[nH]ccc2cc1C(F)(F)F.CC(C)(C)c1cc2[nH]ccc2cc1Cl.CC(C)(C)c1cc2[nH]ccc2cc1F.CC(C)(C)c1cc2cc[nH]c2cc1C(C)(C)C.CC(C)c1cc2ccccc2cn1.CCc1cc2cc[nH]c2cc1C(C)(C)C.Cc1c[nH]c2cccc(C(C)(C)C)c12. The molecule has 0 saturated carbocycles. The summed E-state index contributed by atoms with van der Waals surface area (Å²) in [4.78, 5) is 41.8. The number of aromatic nitrogens is 8. The van der Waals surface area contributed by atoms with Gasteiger partial charge in [-0.3, -0.25) is 9.78 Å². The Morgan fingerprint density at radius 2 is 0.760 bits per heavy atom. The average Bonchev–Trinajstić information content (AvgIpc) is 1.77. The van der Waals surface area contributed by atoms with E-state index < -0.39 is 17.2 Å². The standard InChI is InChI=1S/C18H24N2O.C16H23N.C14H19N.C13H14F3N.C13H17N.C12H14ClN.C12H14FN.C12H13N/c1-18(2,3)15-12-16-13(7-8-19-16)11-14(15)17(21)20-9-5-4-6-10-20;1-15(2,3)12-9-11-7-8-17-14(11)10-13(12)16(4,5)6;1-5-10-8-11-6-7-15-13(11)9-12(10)14(2,3)4;1-12(2,3)9-7-11-8(4-5-17-11)6-10(9)13(14,15)16;1-9-8-14-11-7-5-6-10(12(9)11)13(2,3)4;2*1-12(2,3)9-7-11-8(4-5-14-11)6-10(9)13;1-9(2)12-7-10-5-3-4-6-11(10)8-13-12/h7-8,11-12,19H,4-6,9-10H2,1-3H3;7-10,17H,1-6H3;6-9,15H,5H2,1-4H3;4-7,17H,1-3H3;5-8,14H,1-4H3;2*4-7,14H,1-3H3;3-9H,1-2H3. The van der Waals surface area contributed by atoms with Crippen LogP contribution in [0.4, 0.5) is 17.6 Å². The van der Waals surface area contributed by atoms with Crippen LogP contribution in [0.15, 0.2) is 207 Å². The summed E-state index contributed by atoms with van der Waals surface area (Å²) in [6, 6.07) is 52.8. The third kappa shape index (κ3) is 24.4. The molecule has 8 aromatic carbocycles. The molecule has 0 atom stereocenters. The monoisotopic (exact) mass is 1710 g/mol. The first-order valence-corrected chi connectivity index (χ1v) is 44.8. The van der Waals surface area contributed by atoms with Crippen LogP contribution in [0.2, 0.25) is 5.02 Å². The highest BCUT2D eigenvalue weighted by Gasteiger charge is 2.37. The molecule has 1 aliphatic rings. The highest BCUT2D eigenvalue weighted by molar-refractivity contribution is 6.32. The van der Waals surface area contributed by atoms with Crippen LogP contribution in [-0.4, -0.2) is 63.8 Å². The number of pyridine rings is 1. The van der Waals surface area contributed by atoms with Gasteiger partial charge >= 0.3 is 6.18 Å². The first-order valence-electron chi connectivity index (χ1n) is 44.4. The topological polar surface area (TPSA) is 144 Å². The summed E-state index contributed by atoms with van der Waals surface area (Å²) in [5.74, 6) is 0.580. The maximum Gasteiger partial charge on any atom is 0.416 e. The molecule has 8 aromatic heterocycles. The number of alkyl halides is 3. The number of H-pyrrole nitrogens is 7. The summed E-state index contributed by atoms with van der Waals surface area (Å²) in [5, 5.41) is 11.2. The quantitative estimate of drug-likeness (QED) is 0.0885. The van der Waals surface area contributed by atoms with Crippen molar-refractivity contribution in [2.75, 3.05) is 13.1 Å². The van der Waals surface area contributed by atoms with Gasteiger partial charge in [-0.25, -0.2) is 4.39 Å². The summed E-state index contributed by atoms with van der Waals surface area (Å²) in [6.45, 7) is 62.2. The van der Waals surface area contributed by atoms with E-state index in [9.17, 15) is 22.4 Å². The number of fused-ring (bicyclic) bond motifs is 8. The fourth-order valence-corrected chi connectivity index (χ4v) is 16.7. The van der Waals surface area contributed by atoms with E-state index in [2.05, 4.69) is 295 Å². The van der Waals surface area contributed by atoms with Gasteiger partial charge in [0.25, 0.3) is 5.91 Å². The number of aromatic amines is 7. The van der Waals surface area contributed by atoms with Gasteiger partial charge in [-0.1, -0.05) is 235 Å². The van der Waals surface area contributed by atoms with E-state index in [1.165, 1.54) is 106 Å². The second-order valence-corrected chi connectivity index (χ2v) is 42.7. The van der Waals surface area contributed by atoms with E-state index in [0.29, 0.717) is 16.9 Å².